The number of hydrogen-bond acceptors (Lipinski definition) is 2. The Morgan fingerprint density at radius 1 is 1.57 bits per heavy atom. The van der Waals surface area contributed by atoms with Crippen LogP contribution >= 0.6 is 11.6 Å². The lowest BCUT2D eigenvalue weighted by atomic mass is 10.2. The lowest BCUT2D eigenvalue weighted by molar-refractivity contribution is -0.136. The highest BCUT2D eigenvalue weighted by atomic mass is 35.5. The molecule has 72 valence electrons. The Morgan fingerprint density at radius 2 is 2.36 bits per heavy atom. The van der Waals surface area contributed by atoms with Gasteiger partial charge in [0.2, 0.25) is 0 Å². The highest BCUT2D eigenvalue weighted by Gasteiger charge is 2.08. The molecule has 0 spiro atoms. The minimum atomic E-state index is -0.887. The van der Waals surface area contributed by atoms with Crippen molar-refractivity contribution >= 4 is 23.2 Å². The quantitative estimate of drug-likeness (QED) is 0.820. The molecule has 2 rings (SSSR count). The van der Waals surface area contributed by atoms with Gasteiger partial charge in [-0.05, 0) is 12.1 Å². The highest BCUT2D eigenvalue weighted by molar-refractivity contribution is 6.29. The van der Waals surface area contributed by atoms with Crippen LogP contribution in [0.5, 0.6) is 0 Å². The van der Waals surface area contributed by atoms with Crippen molar-refractivity contribution in [1.82, 2.24) is 9.38 Å². The molecule has 5 heteroatoms. The predicted octanol–water partition coefficient (Wildman–Crippen LogP) is 1.61. The van der Waals surface area contributed by atoms with E-state index in [1.807, 2.05) is 0 Å². The summed E-state index contributed by atoms with van der Waals surface area (Å²) in [5, 5.41) is 9.11. The maximum atomic E-state index is 10.6. The molecular formula is C9H7ClN2O2. The van der Waals surface area contributed by atoms with Gasteiger partial charge in [0, 0.05) is 5.69 Å². The number of carbonyl (C=O) groups is 1. The van der Waals surface area contributed by atoms with Crippen LogP contribution in [0.25, 0.3) is 5.65 Å². The van der Waals surface area contributed by atoms with Crippen LogP contribution in [0.4, 0.5) is 0 Å². The summed E-state index contributed by atoms with van der Waals surface area (Å²) in [6.45, 7) is 0. The first kappa shape index (κ1) is 9.02. The zero-order chi connectivity index (χ0) is 10.1. The predicted molar refractivity (Wildman–Crippen MR) is 51.5 cm³/mol. The third-order valence-corrected chi connectivity index (χ3v) is 2.17. The largest absolute Gasteiger partial charge is 0.481 e. The molecule has 0 fully saturated rings. The summed E-state index contributed by atoms with van der Waals surface area (Å²) in [5.74, 6) is -0.887. The van der Waals surface area contributed by atoms with Gasteiger partial charge in [-0.25, -0.2) is 4.98 Å². The molecule has 0 aliphatic rings. The second-order valence-electron chi connectivity index (χ2n) is 2.86. The number of pyridine rings is 1. The van der Waals surface area contributed by atoms with E-state index in [9.17, 15) is 4.79 Å². The number of aliphatic carboxylic acids is 1. The van der Waals surface area contributed by atoms with Crippen molar-refractivity contribution in [1.29, 1.82) is 0 Å². The molecule has 4 nitrogen and oxygen atoms in total. The van der Waals surface area contributed by atoms with Crippen LogP contribution in [0.1, 0.15) is 5.69 Å². The summed E-state index contributed by atoms with van der Waals surface area (Å²) in [5.41, 5.74) is 1.28. The topological polar surface area (TPSA) is 54.6 Å². The second-order valence-corrected chi connectivity index (χ2v) is 3.25. The molecule has 0 saturated heterocycles. The van der Waals surface area contributed by atoms with Gasteiger partial charge in [-0.15, -0.1) is 0 Å². The molecule has 0 bridgehead atoms. The summed E-state index contributed by atoms with van der Waals surface area (Å²) in [6.07, 6.45) is 1.44. The van der Waals surface area contributed by atoms with Gasteiger partial charge in [0.1, 0.15) is 10.8 Å². The number of aromatic nitrogens is 2. The summed E-state index contributed by atoms with van der Waals surface area (Å²) < 4.78 is 1.62. The van der Waals surface area contributed by atoms with Gasteiger partial charge in [0.05, 0.1) is 12.6 Å². The fourth-order valence-corrected chi connectivity index (χ4v) is 1.60. The Kier molecular flexibility index (Phi) is 2.13. The van der Waals surface area contributed by atoms with Crippen LogP contribution in [-0.2, 0) is 11.2 Å². The first-order chi connectivity index (χ1) is 6.68. The molecule has 0 atom stereocenters. The molecule has 14 heavy (non-hydrogen) atoms. The number of rotatable bonds is 2. The van der Waals surface area contributed by atoms with Crippen molar-refractivity contribution in [2.45, 2.75) is 6.42 Å². The first-order valence-electron chi connectivity index (χ1n) is 4.01. The minimum absolute atomic E-state index is 0.0621. The standard InChI is InChI=1S/C9H7ClN2O2/c10-7-5-11-8-3-1-2-6(12(7)8)4-9(13)14/h1-3,5H,4H2,(H,13,14). The van der Waals surface area contributed by atoms with Crippen molar-refractivity contribution in [3.63, 3.8) is 0 Å². The molecule has 0 unspecified atom stereocenters. The molecule has 0 saturated carbocycles. The van der Waals surface area contributed by atoms with Gasteiger partial charge in [-0.1, -0.05) is 17.7 Å². The summed E-state index contributed by atoms with van der Waals surface area (Å²) >= 11 is 5.87. The molecule has 2 heterocycles. The van der Waals surface area contributed by atoms with Gasteiger partial charge in [0.25, 0.3) is 0 Å². The number of hydrogen-bond donors (Lipinski definition) is 1. The van der Waals surface area contributed by atoms with E-state index in [4.69, 9.17) is 16.7 Å². The molecule has 2 aromatic rings. The SMILES string of the molecule is O=C(O)Cc1cccc2ncc(Cl)n12. The Labute approximate surface area is 84.8 Å². The van der Waals surface area contributed by atoms with E-state index in [0.29, 0.717) is 16.5 Å². The Hall–Kier alpha value is -1.55. The van der Waals surface area contributed by atoms with E-state index in [1.165, 1.54) is 6.20 Å². The maximum absolute atomic E-state index is 10.6. The van der Waals surface area contributed by atoms with Crippen molar-refractivity contribution in [3.8, 4) is 0 Å². The smallest absolute Gasteiger partial charge is 0.309 e. The number of imidazole rings is 1. The normalized spacial score (nSPS) is 10.6. The van der Waals surface area contributed by atoms with Crippen LogP contribution in [-0.4, -0.2) is 20.5 Å². The van der Waals surface area contributed by atoms with Crippen LogP contribution < -0.4 is 0 Å². The van der Waals surface area contributed by atoms with Gasteiger partial charge in [-0.2, -0.15) is 0 Å². The van der Waals surface area contributed by atoms with Gasteiger partial charge < -0.3 is 5.11 Å². The van der Waals surface area contributed by atoms with E-state index >= 15 is 0 Å². The summed E-state index contributed by atoms with van der Waals surface area (Å²) in [4.78, 5) is 14.6. The van der Waals surface area contributed by atoms with Crippen molar-refractivity contribution in [2.75, 3.05) is 0 Å². The first-order valence-corrected chi connectivity index (χ1v) is 4.39. The summed E-state index contributed by atoms with van der Waals surface area (Å²) in [7, 11) is 0. The monoisotopic (exact) mass is 210 g/mol. The van der Waals surface area contributed by atoms with E-state index in [2.05, 4.69) is 4.98 Å². The van der Waals surface area contributed by atoms with Crippen molar-refractivity contribution in [2.24, 2.45) is 0 Å². The molecule has 0 radical (unpaired) electrons. The molecule has 0 aliphatic heterocycles. The fourth-order valence-electron chi connectivity index (χ4n) is 1.36. The van der Waals surface area contributed by atoms with E-state index in [-0.39, 0.29) is 6.42 Å². The number of halogens is 1. The lowest BCUT2D eigenvalue weighted by Gasteiger charge is -2.02. The molecule has 0 aliphatic carbocycles. The van der Waals surface area contributed by atoms with Crippen LogP contribution in [0, 0.1) is 0 Å². The Balaban J connectivity index is 2.63. The van der Waals surface area contributed by atoms with Crippen molar-refractivity contribution < 1.29 is 9.90 Å². The van der Waals surface area contributed by atoms with Crippen molar-refractivity contribution in [3.05, 3.63) is 35.2 Å². The molecular weight excluding hydrogens is 204 g/mol. The minimum Gasteiger partial charge on any atom is -0.481 e. The third-order valence-electron chi connectivity index (χ3n) is 1.90. The van der Waals surface area contributed by atoms with E-state index < -0.39 is 5.97 Å². The Morgan fingerprint density at radius 3 is 3.07 bits per heavy atom. The third kappa shape index (κ3) is 1.44. The fraction of sp³-hybridized carbons (Fsp3) is 0.111. The molecule has 2 aromatic heterocycles. The van der Waals surface area contributed by atoms with Gasteiger partial charge in [-0.3, -0.25) is 9.20 Å². The lowest BCUT2D eigenvalue weighted by Crippen LogP contribution is -2.05. The number of carboxylic acid groups (broad SMARTS) is 1. The maximum Gasteiger partial charge on any atom is 0.309 e. The van der Waals surface area contributed by atoms with Crippen LogP contribution in [0.15, 0.2) is 24.4 Å². The Bertz CT molecular complexity index is 493. The molecule has 1 N–H and O–H groups in total. The van der Waals surface area contributed by atoms with Gasteiger partial charge >= 0.3 is 5.97 Å². The zero-order valence-corrected chi connectivity index (χ0v) is 7.90. The van der Waals surface area contributed by atoms with Gasteiger partial charge in [0.15, 0.2) is 0 Å². The van der Waals surface area contributed by atoms with Crippen LogP contribution in [0.3, 0.4) is 0 Å². The summed E-state index contributed by atoms with van der Waals surface area (Å²) in [6, 6.07) is 5.25. The number of nitrogens with zero attached hydrogens (tertiary/aromatic N) is 2. The molecule has 0 amide bonds. The average Bonchev–Trinajstić information content (AvgIpc) is 2.48. The zero-order valence-electron chi connectivity index (χ0n) is 7.14. The number of fused-ring (bicyclic) bond motifs is 1. The van der Waals surface area contributed by atoms with E-state index in [1.54, 1.807) is 22.6 Å². The number of carboxylic acids is 1. The van der Waals surface area contributed by atoms with Crippen LogP contribution in [0.2, 0.25) is 5.15 Å². The second kappa shape index (κ2) is 3.31. The molecule has 0 aromatic carbocycles. The average molecular weight is 211 g/mol. The van der Waals surface area contributed by atoms with E-state index in [0.717, 1.165) is 0 Å². The highest BCUT2D eigenvalue weighted by Crippen LogP contribution is 2.15.